The molecule has 0 amide bonds. The number of Topliss-reactive ketones (excluding diaryl/α,β-unsaturated/α-hetero) is 1. The van der Waals surface area contributed by atoms with Crippen LogP contribution < -0.4 is 10.1 Å². The Balaban J connectivity index is 2.23. The van der Waals surface area contributed by atoms with E-state index in [0.29, 0.717) is 40.3 Å². The minimum Gasteiger partial charge on any atom is -0.496 e. The first-order valence-corrected chi connectivity index (χ1v) is 9.98. The van der Waals surface area contributed by atoms with Crippen LogP contribution in [0.1, 0.15) is 38.7 Å². The summed E-state index contributed by atoms with van der Waals surface area (Å²) in [6.45, 7) is 5.58. The first-order valence-electron chi connectivity index (χ1n) is 9.98. The van der Waals surface area contributed by atoms with Crippen LogP contribution in [0.25, 0.3) is 0 Å². The molecule has 1 aromatic rings. The number of ketones is 1. The second-order valence-corrected chi connectivity index (χ2v) is 7.50. The van der Waals surface area contributed by atoms with E-state index in [4.69, 9.17) is 14.2 Å². The number of ether oxygens (including phenoxy) is 3. The van der Waals surface area contributed by atoms with E-state index in [1.807, 2.05) is 25.1 Å². The number of hydrogen-bond acceptors (Lipinski definition) is 7. The Bertz CT molecular complexity index is 945. The van der Waals surface area contributed by atoms with Crippen molar-refractivity contribution in [2.45, 2.75) is 33.1 Å². The Labute approximate surface area is 176 Å². The molecule has 3 atom stereocenters. The number of carbonyl (C=O) groups is 3. The maximum Gasteiger partial charge on any atom is 0.336 e. The van der Waals surface area contributed by atoms with Crippen LogP contribution in [0.15, 0.2) is 46.8 Å². The predicted octanol–water partition coefficient (Wildman–Crippen LogP) is 2.87. The standard InChI is InChI=1S/C23H27NO6/c1-6-30-23(27)18-13(3)24-15-11-12(2)17(22(26)29-5)21(25)20(15)19(18)14-9-7-8-10-16(14)28-4/h7-10,12,17,19,24H,6,11H2,1-5H3/t12-,17+,19-/m1/s1. The number of carbonyl (C=O) groups excluding carboxylic acids is 3. The van der Waals surface area contributed by atoms with Gasteiger partial charge in [0.05, 0.1) is 32.3 Å². The Kier molecular flexibility index (Phi) is 6.29. The number of rotatable bonds is 5. The van der Waals surface area contributed by atoms with Crippen molar-refractivity contribution in [3.63, 3.8) is 0 Å². The van der Waals surface area contributed by atoms with Crippen LogP contribution in [-0.2, 0) is 23.9 Å². The summed E-state index contributed by atoms with van der Waals surface area (Å²) in [5.74, 6) is -2.72. The molecule has 1 aliphatic carbocycles. The smallest absolute Gasteiger partial charge is 0.336 e. The molecule has 2 aliphatic rings. The summed E-state index contributed by atoms with van der Waals surface area (Å²) in [5, 5.41) is 3.23. The maximum atomic E-state index is 13.6. The van der Waals surface area contributed by atoms with Crippen LogP contribution in [0.5, 0.6) is 5.75 Å². The fourth-order valence-electron chi connectivity index (χ4n) is 4.38. The largest absolute Gasteiger partial charge is 0.496 e. The first-order chi connectivity index (χ1) is 14.3. The molecule has 0 unspecified atom stereocenters. The highest BCUT2D eigenvalue weighted by molar-refractivity contribution is 6.12. The molecule has 0 aromatic heterocycles. The van der Waals surface area contributed by atoms with Gasteiger partial charge in [0.25, 0.3) is 0 Å². The number of benzene rings is 1. The molecule has 0 radical (unpaired) electrons. The summed E-state index contributed by atoms with van der Waals surface area (Å²) in [5.41, 5.74) is 2.74. The zero-order valence-corrected chi connectivity index (χ0v) is 17.9. The molecule has 3 rings (SSSR count). The minimum absolute atomic E-state index is 0.204. The van der Waals surface area contributed by atoms with Crippen molar-refractivity contribution >= 4 is 17.7 Å². The van der Waals surface area contributed by atoms with Gasteiger partial charge in [-0.25, -0.2) is 4.79 Å². The van der Waals surface area contributed by atoms with Crippen LogP contribution >= 0.6 is 0 Å². The molecule has 0 saturated heterocycles. The monoisotopic (exact) mass is 413 g/mol. The molecule has 0 saturated carbocycles. The zero-order chi connectivity index (χ0) is 22.0. The van der Waals surface area contributed by atoms with E-state index in [1.54, 1.807) is 19.9 Å². The second-order valence-electron chi connectivity index (χ2n) is 7.50. The third kappa shape index (κ3) is 3.60. The number of nitrogens with one attached hydrogen (secondary N) is 1. The van der Waals surface area contributed by atoms with Gasteiger partial charge in [-0.1, -0.05) is 25.1 Å². The lowest BCUT2D eigenvalue weighted by Gasteiger charge is -2.38. The molecule has 160 valence electrons. The normalized spacial score (nSPS) is 23.5. The highest BCUT2D eigenvalue weighted by atomic mass is 16.5. The van der Waals surface area contributed by atoms with Crippen molar-refractivity contribution < 1.29 is 28.6 Å². The highest BCUT2D eigenvalue weighted by Gasteiger charge is 2.47. The molecule has 30 heavy (non-hydrogen) atoms. The van der Waals surface area contributed by atoms with Gasteiger partial charge in [-0.05, 0) is 32.3 Å². The van der Waals surface area contributed by atoms with E-state index in [2.05, 4.69) is 5.32 Å². The number of methoxy groups -OCH3 is 2. The third-order valence-electron chi connectivity index (χ3n) is 5.69. The lowest BCUT2D eigenvalue weighted by Crippen LogP contribution is -2.43. The minimum atomic E-state index is -0.922. The SMILES string of the molecule is CCOC(=O)C1=C(C)NC2=C(C(=O)[C@@H](C(=O)OC)[C@H](C)C2)[C@@H]1c1ccccc1OC. The van der Waals surface area contributed by atoms with E-state index in [9.17, 15) is 14.4 Å². The van der Waals surface area contributed by atoms with E-state index in [-0.39, 0.29) is 18.3 Å². The van der Waals surface area contributed by atoms with Gasteiger partial charge >= 0.3 is 11.9 Å². The topological polar surface area (TPSA) is 90.9 Å². The molecule has 1 aromatic carbocycles. The average Bonchev–Trinajstić information content (AvgIpc) is 2.72. The van der Waals surface area contributed by atoms with E-state index in [0.717, 1.165) is 0 Å². The highest BCUT2D eigenvalue weighted by Crippen LogP contribution is 2.47. The van der Waals surface area contributed by atoms with Crippen LogP contribution in [0.2, 0.25) is 0 Å². The number of dihydropyridines is 1. The quantitative estimate of drug-likeness (QED) is 0.586. The molecular weight excluding hydrogens is 386 g/mol. The third-order valence-corrected chi connectivity index (χ3v) is 5.69. The van der Waals surface area contributed by atoms with Crippen LogP contribution in [0.4, 0.5) is 0 Å². The van der Waals surface area contributed by atoms with Gasteiger partial charge in [0.15, 0.2) is 5.78 Å². The molecule has 1 heterocycles. The first kappa shape index (κ1) is 21.6. The van der Waals surface area contributed by atoms with Crippen LogP contribution in [0.3, 0.4) is 0 Å². The molecule has 7 heteroatoms. The van der Waals surface area contributed by atoms with Crippen molar-refractivity contribution in [2.75, 3.05) is 20.8 Å². The summed E-state index contributed by atoms with van der Waals surface area (Å²) in [6, 6.07) is 7.25. The molecule has 7 nitrogen and oxygen atoms in total. The summed E-state index contributed by atoms with van der Waals surface area (Å²) in [6.07, 6.45) is 0.486. The van der Waals surface area contributed by atoms with Gasteiger partial charge in [0, 0.05) is 22.5 Å². The van der Waals surface area contributed by atoms with Crippen LogP contribution in [-0.4, -0.2) is 38.5 Å². The van der Waals surface area contributed by atoms with Crippen molar-refractivity contribution in [1.29, 1.82) is 0 Å². The van der Waals surface area contributed by atoms with Gasteiger partial charge in [0.2, 0.25) is 0 Å². The lowest BCUT2D eigenvalue weighted by atomic mass is 9.69. The van der Waals surface area contributed by atoms with Crippen molar-refractivity contribution in [3.8, 4) is 5.75 Å². The fraction of sp³-hybridized carbons (Fsp3) is 0.435. The Hall–Kier alpha value is -3.09. The van der Waals surface area contributed by atoms with Crippen molar-refractivity contribution in [3.05, 3.63) is 52.4 Å². The van der Waals surface area contributed by atoms with Crippen molar-refractivity contribution in [1.82, 2.24) is 5.32 Å². The fourth-order valence-corrected chi connectivity index (χ4v) is 4.38. The van der Waals surface area contributed by atoms with E-state index >= 15 is 0 Å². The summed E-state index contributed by atoms with van der Waals surface area (Å²) in [7, 11) is 2.81. The second kappa shape index (κ2) is 8.73. The molecule has 0 bridgehead atoms. The van der Waals surface area contributed by atoms with Gasteiger partial charge in [-0.2, -0.15) is 0 Å². The van der Waals surface area contributed by atoms with E-state index < -0.39 is 23.8 Å². The molecule has 0 fully saturated rings. The number of esters is 2. The van der Waals surface area contributed by atoms with Crippen molar-refractivity contribution in [2.24, 2.45) is 11.8 Å². The van der Waals surface area contributed by atoms with Gasteiger partial charge in [0.1, 0.15) is 11.7 Å². The molecule has 1 N–H and O–H groups in total. The lowest BCUT2D eigenvalue weighted by molar-refractivity contribution is -0.151. The number of hydrogen-bond donors (Lipinski definition) is 1. The van der Waals surface area contributed by atoms with Gasteiger partial charge < -0.3 is 19.5 Å². The van der Waals surface area contributed by atoms with Gasteiger partial charge in [-0.15, -0.1) is 0 Å². The maximum absolute atomic E-state index is 13.6. The predicted molar refractivity (Wildman–Crippen MR) is 110 cm³/mol. The molecule has 1 aliphatic heterocycles. The Morgan fingerprint density at radius 3 is 2.53 bits per heavy atom. The summed E-state index contributed by atoms with van der Waals surface area (Å²) in [4.78, 5) is 38.9. The van der Waals surface area contributed by atoms with E-state index in [1.165, 1.54) is 14.2 Å². The zero-order valence-electron chi connectivity index (χ0n) is 17.9. The Morgan fingerprint density at radius 1 is 1.20 bits per heavy atom. The van der Waals surface area contributed by atoms with Crippen LogP contribution in [0, 0.1) is 11.8 Å². The Morgan fingerprint density at radius 2 is 1.90 bits per heavy atom. The molecular formula is C23H27NO6. The summed E-state index contributed by atoms with van der Waals surface area (Å²) >= 11 is 0. The number of allylic oxidation sites excluding steroid dienone is 3. The van der Waals surface area contributed by atoms with Gasteiger partial charge in [-0.3, -0.25) is 9.59 Å². The summed E-state index contributed by atoms with van der Waals surface area (Å²) < 4.78 is 15.7. The molecule has 0 spiro atoms. The average molecular weight is 413 g/mol. The number of para-hydroxylation sites is 1.